The van der Waals surface area contributed by atoms with Gasteiger partial charge in [0.1, 0.15) is 11.8 Å². The van der Waals surface area contributed by atoms with Crippen LogP contribution in [0.3, 0.4) is 0 Å². The summed E-state index contributed by atoms with van der Waals surface area (Å²) in [6.07, 6.45) is 2.61. The zero-order valence-corrected chi connectivity index (χ0v) is 17.3. The van der Waals surface area contributed by atoms with Gasteiger partial charge >= 0.3 is 0 Å². The first-order valence-electron chi connectivity index (χ1n) is 8.33. The van der Waals surface area contributed by atoms with E-state index in [1.54, 1.807) is 30.5 Å². The summed E-state index contributed by atoms with van der Waals surface area (Å²) in [6.45, 7) is 5.83. The summed E-state index contributed by atoms with van der Waals surface area (Å²) in [6, 6.07) is 7.52. The van der Waals surface area contributed by atoms with E-state index >= 15 is 0 Å². The first kappa shape index (κ1) is 20.9. The number of rotatable bonds is 8. The zero-order valence-electron chi connectivity index (χ0n) is 15.7. The lowest BCUT2D eigenvalue weighted by Crippen LogP contribution is -2.46. The molecule has 2 rings (SSSR count). The summed E-state index contributed by atoms with van der Waals surface area (Å²) >= 11 is 1.50. The predicted molar refractivity (Wildman–Crippen MR) is 109 cm³/mol. The fourth-order valence-electron chi connectivity index (χ4n) is 2.43. The van der Waals surface area contributed by atoms with Crippen LogP contribution in [0.2, 0.25) is 0 Å². The van der Waals surface area contributed by atoms with Crippen molar-refractivity contribution in [3.05, 3.63) is 46.2 Å². The number of carbonyl (C=O) groups excluding carboxylic acids is 1. The van der Waals surface area contributed by atoms with Crippen LogP contribution in [0.1, 0.15) is 24.3 Å². The first-order valence-corrected chi connectivity index (χ1v) is 11.1. The SMILES string of the molecule is CCOc1ccc(N([C@@H](C)C(=O)N/N=C\c2sccc2C)S(C)(=O)=O)cc1. The summed E-state index contributed by atoms with van der Waals surface area (Å²) in [5, 5.41) is 5.87. The largest absolute Gasteiger partial charge is 0.494 e. The molecule has 0 spiro atoms. The Bertz CT molecular complexity index is 905. The summed E-state index contributed by atoms with van der Waals surface area (Å²) in [5.74, 6) is 0.0995. The normalized spacial score (nSPS) is 12.7. The van der Waals surface area contributed by atoms with Gasteiger partial charge in [0.05, 0.1) is 24.8 Å². The molecule has 1 aromatic heterocycles. The number of hydrogen-bond donors (Lipinski definition) is 1. The van der Waals surface area contributed by atoms with E-state index in [-0.39, 0.29) is 0 Å². The second-order valence-corrected chi connectivity index (χ2v) is 8.67. The molecule has 0 aliphatic carbocycles. The number of amides is 1. The van der Waals surface area contributed by atoms with Gasteiger partial charge in [-0.05, 0) is 62.0 Å². The first-order chi connectivity index (χ1) is 12.7. The van der Waals surface area contributed by atoms with E-state index in [2.05, 4.69) is 10.5 Å². The molecule has 0 aliphatic rings. The monoisotopic (exact) mass is 409 g/mol. The van der Waals surface area contributed by atoms with E-state index in [1.165, 1.54) is 18.3 Å². The molecule has 1 N–H and O–H groups in total. The van der Waals surface area contributed by atoms with Crippen molar-refractivity contribution < 1.29 is 17.9 Å². The van der Waals surface area contributed by atoms with E-state index < -0.39 is 22.0 Å². The van der Waals surface area contributed by atoms with Crippen LogP contribution >= 0.6 is 11.3 Å². The summed E-state index contributed by atoms with van der Waals surface area (Å²) in [5.41, 5.74) is 3.84. The molecular formula is C18H23N3O4S2. The molecule has 0 bridgehead atoms. The van der Waals surface area contributed by atoms with Crippen LogP contribution in [0.4, 0.5) is 5.69 Å². The average molecular weight is 410 g/mol. The molecule has 0 radical (unpaired) electrons. The third-order valence-corrected chi connectivity index (χ3v) is 5.94. The predicted octanol–water partition coefficient (Wildman–Crippen LogP) is 2.76. The highest BCUT2D eigenvalue weighted by Gasteiger charge is 2.29. The van der Waals surface area contributed by atoms with Crippen LogP contribution in [0, 0.1) is 6.92 Å². The Balaban J connectivity index is 2.16. The zero-order chi connectivity index (χ0) is 20.0. The van der Waals surface area contributed by atoms with Gasteiger partial charge in [-0.2, -0.15) is 5.10 Å². The maximum atomic E-state index is 12.4. The molecule has 27 heavy (non-hydrogen) atoms. The minimum atomic E-state index is -3.68. The number of anilines is 1. The number of sulfonamides is 1. The van der Waals surface area contributed by atoms with Gasteiger partial charge in [0.2, 0.25) is 10.0 Å². The summed E-state index contributed by atoms with van der Waals surface area (Å²) in [7, 11) is -3.68. The topological polar surface area (TPSA) is 88.1 Å². The molecule has 0 unspecified atom stereocenters. The molecule has 0 saturated heterocycles. The Morgan fingerprint density at radius 2 is 2.00 bits per heavy atom. The van der Waals surface area contributed by atoms with Crippen molar-refractivity contribution in [1.82, 2.24) is 5.43 Å². The second-order valence-electron chi connectivity index (χ2n) is 5.86. The molecule has 0 fully saturated rings. The van der Waals surface area contributed by atoms with E-state index in [4.69, 9.17) is 4.74 Å². The van der Waals surface area contributed by atoms with Crippen molar-refractivity contribution >= 4 is 39.2 Å². The van der Waals surface area contributed by atoms with Gasteiger partial charge in [-0.3, -0.25) is 9.10 Å². The lowest BCUT2D eigenvalue weighted by Gasteiger charge is -2.27. The molecule has 9 heteroatoms. The molecule has 7 nitrogen and oxygen atoms in total. The van der Waals surface area contributed by atoms with Crippen molar-refractivity contribution in [3.63, 3.8) is 0 Å². The Morgan fingerprint density at radius 1 is 1.33 bits per heavy atom. The van der Waals surface area contributed by atoms with Crippen molar-refractivity contribution in [2.75, 3.05) is 17.2 Å². The van der Waals surface area contributed by atoms with Crippen LogP contribution in [0.5, 0.6) is 5.75 Å². The number of thiophene rings is 1. The van der Waals surface area contributed by atoms with Crippen LogP contribution in [0.25, 0.3) is 0 Å². The van der Waals surface area contributed by atoms with Crippen LogP contribution in [-0.4, -0.2) is 39.4 Å². The third-order valence-electron chi connectivity index (χ3n) is 3.75. The highest BCUT2D eigenvalue weighted by molar-refractivity contribution is 7.92. The van der Waals surface area contributed by atoms with Gasteiger partial charge in [-0.15, -0.1) is 11.3 Å². The van der Waals surface area contributed by atoms with E-state index in [1.807, 2.05) is 25.3 Å². The fraction of sp³-hybridized carbons (Fsp3) is 0.333. The Kier molecular flexibility index (Phi) is 6.98. The highest BCUT2D eigenvalue weighted by atomic mass is 32.2. The van der Waals surface area contributed by atoms with Crippen molar-refractivity contribution in [1.29, 1.82) is 0 Å². The highest BCUT2D eigenvalue weighted by Crippen LogP contribution is 2.24. The molecule has 1 heterocycles. The van der Waals surface area contributed by atoms with E-state index in [0.29, 0.717) is 18.0 Å². The Hall–Kier alpha value is -2.39. The third kappa shape index (κ3) is 5.54. The number of hydrazone groups is 1. The quantitative estimate of drug-likeness (QED) is 0.536. The van der Waals surface area contributed by atoms with Gasteiger partial charge < -0.3 is 4.74 Å². The average Bonchev–Trinajstić information content (AvgIpc) is 3.00. The van der Waals surface area contributed by atoms with Crippen LogP contribution in [-0.2, 0) is 14.8 Å². The lowest BCUT2D eigenvalue weighted by molar-refractivity contribution is -0.121. The van der Waals surface area contributed by atoms with Crippen molar-refractivity contribution in [3.8, 4) is 5.75 Å². The lowest BCUT2D eigenvalue weighted by atomic mass is 10.2. The standard InChI is InChI=1S/C18H23N3O4S2/c1-5-25-16-8-6-15(7-9-16)21(27(4,23)24)14(3)18(22)20-19-12-17-13(2)10-11-26-17/h6-12,14H,5H2,1-4H3,(H,20,22)/b19-12-/t14-/m0/s1. The van der Waals surface area contributed by atoms with Gasteiger partial charge in [-0.1, -0.05) is 0 Å². The van der Waals surface area contributed by atoms with Crippen molar-refractivity contribution in [2.24, 2.45) is 5.10 Å². The van der Waals surface area contributed by atoms with Crippen LogP contribution in [0.15, 0.2) is 40.8 Å². The van der Waals surface area contributed by atoms with Gasteiger partial charge in [0.25, 0.3) is 5.91 Å². The smallest absolute Gasteiger partial charge is 0.263 e. The van der Waals surface area contributed by atoms with Gasteiger partial charge in [0, 0.05) is 4.88 Å². The van der Waals surface area contributed by atoms with Gasteiger partial charge in [-0.25, -0.2) is 13.8 Å². The van der Waals surface area contributed by atoms with Crippen molar-refractivity contribution in [2.45, 2.75) is 26.8 Å². The Morgan fingerprint density at radius 3 is 2.52 bits per heavy atom. The molecular weight excluding hydrogens is 386 g/mol. The number of aryl methyl sites for hydroxylation is 1. The molecule has 146 valence electrons. The number of nitrogens with one attached hydrogen (secondary N) is 1. The van der Waals surface area contributed by atoms with E-state index in [9.17, 15) is 13.2 Å². The van der Waals surface area contributed by atoms with E-state index in [0.717, 1.165) is 21.0 Å². The van der Waals surface area contributed by atoms with Crippen LogP contribution < -0.4 is 14.5 Å². The second kappa shape index (κ2) is 9.01. The summed E-state index contributed by atoms with van der Waals surface area (Å²) in [4.78, 5) is 13.4. The number of benzene rings is 1. The maximum Gasteiger partial charge on any atom is 0.263 e. The maximum absolute atomic E-state index is 12.4. The Labute approximate surface area is 163 Å². The molecule has 2 aromatic rings. The number of carbonyl (C=O) groups is 1. The molecule has 1 atom stereocenters. The molecule has 0 saturated carbocycles. The molecule has 0 aliphatic heterocycles. The fourth-order valence-corrected chi connectivity index (χ4v) is 4.39. The number of nitrogens with zero attached hydrogens (tertiary/aromatic N) is 2. The molecule has 1 amide bonds. The molecule has 1 aromatic carbocycles. The summed E-state index contributed by atoms with van der Waals surface area (Å²) < 4.78 is 31.0. The minimum Gasteiger partial charge on any atom is -0.494 e. The minimum absolute atomic E-state index is 0.377. The van der Waals surface area contributed by atoms with Gasteiger partial charge in [0.15, 0.2) is 0 Å². The number of hydrogen-bond acceptors (Lipinski definition) is 6. The number of ether oxygens (including phenoxy) is 1.